The van der Waals surface area contributed by atoms with Gasteiger partial charge in [-0.2, -0.15) is 10.1 Å². The zero-order chi connectivity index (χ0) is 20.4. The molecule has 1 aromatic carbocycles. The number of nitrogens with one attached hydrogen (secondary N) is 3. The number of anilines is 2. The highest BCUT2D eigenvalue weighted by atomic mass is 16.5. The second-order valence-corrected chi connectivity index (χ2v) is 6.47. The smallest absolute Gasteiger partial charge is 0.236 e. The fourth-order valence-electron chi connectivity index (χ4n) is 3.55. The SMILES string of the molecule is C=C1Nc2ncnn2C(c2cccc(OC)c2OC)C1C(=O)Nc1ccc[nH+]c1. The molecule has 9 nitrogen and oxygen atoms in total. The highest BCUT2D eigenvalue weighted by Gasteiger charge is 2.41. The van der Waals surface area contributed by atoms with Crippen LogP contribution in [-0.2, 0) is 4.79 Å². The van der Waals surface area contributed by atoms with Crippen LogP contribution in [-0.4, -0.2) is 34.9 Å². The highest BCUT2D eigenvalue weighted by molar-refractivity contribution is 5.95. The van der Waals surface area contributed by atoms with E-state index >= 15 is 0 Å². The Bertz CT molecular complexity index is 1050. The molecule has 29 heavy (non-hydrogen) atoms. The molecule has 2 atom stereocenters. The minimum Gasteiger partial charge on any atom is -0.493 e. The number of hydrogen-bond donors (Lipinski definition) is 2. The van der Waals surface area contributed by atoms with E-state index in [0.29, 0.717) is 28.8 Å². The number of rotatable bonds is 5. The van der Waals surface area contributed by atoms with Crippen LogP contribution >= 0.6 is 0 Å². The molecule has 148 valence electrons. The van der Waals surface area contributed by atoms with Gasteiger partial charge in [-0.3, -0.25) is 4.79 Å². The van der Waals surface area contributed by atoms with E-state index in [1.165, 1.54) is 6.33 Å². The monoisotopic (exact) mass is 393 g/mol. The molecule has 0 spiro atoms. The minimum absolute atomic E-state index is 0.238. The molecule has 1 amide bonds. The minimum atomic E-state index is -0.676. The van der Waals surface area contributed by atoms with Crippen LogP contribution in [0.15, 0.2) is 61.3 Å². The number of fused-ring (bicyclic) bond motifs is 1. The first kappa shape index (κ1) is 18.5. The lowest BCUT2D eigenvalue weighted by atomic mass is 9.87. The van der Waals surface area contributed by atoms with Gasteiger partial charge in [-0.15, -0.1) is 0 Å². The van der Waals surface area contributed by atoms with Crippen LogP contribution in [0.25, 0.3) is 0 Å². The molecule has 0 saturated heterocycles. The lowest BCUT2D eigenvalue weighted by Crippen LogP contribution is -2.39. The molecule has 2 unspecified atom stereocenters. The van der Waals surface area contributed by atoms with Crippen molar-refractivity contribution in [1.29, 1.82) is 0 Å². The van der Waals surface area contributed by atoms with Gasteiger partial charge in [0.25, 0.3) is 0 Å². The first-order valence-electron chi connectivity index (χ1n) is 8.97. The summed E-state index contributed by atoms with van der Waals surface area (Å²) in [6.07, 6.45) is 4.91. The van der Waals surface area contributed by atoms with Crippen molar-refractivity contribution in [2.45, 2.75) is 6.04 Å². The summed E-state index contributed by atoms with van der Waals surface area (Å²) in [4.78, 5) is 20.5. The molecule has 0 radical (unpaired) electrons. The number of hydrogen-bond acceptors (Lipinski definition) is 6. The number of H-pyrrole nitrogens is 1. The number of aromatic nitrogens is 4. The zero-order valence-corrected chi connectivity index (χ0v) is 16.0. The molecule has 0 aliphatic carbocycles. The predicted molar refractivity (Wildman–Crippen MR) is 106 cm³/mol. The van der Waals surface area contributed by atoms with E-state index in [-0.39, 0.29) is 5.91 Å². The average molecular weight is 393 g/mol. The fourth-order valence-corrected chi connectivity index (χ4v) is 3.55. The van der Waals surface area contributed by atoms with Crippen LogP contribution in [0.1, 0.15) is 11.6 Å². The number of ether oxygens (including phenoxy) is 2. The van der Waals surface area contributed by atoms with Crippen molar-refractivity contribution in [2.24, 2.45) is 5.92 Å². The number of benzene rings is 1. The lowest BCUT2D eigenvalue weighted by Gasteiger charge is -2.34. The number of aromatic amines is 1. The number of carbonyl (C=O) groups is 1. The Morgan fingerprint density at radius 2 is 2.14 bits per heavy atom. The van der Waals surface area contributed by atoms with E-state index in [1.54, 1.807) is 43.4 Å². The third-order valence-corrected chi connectivity index (χ3v) is 4.81. The predicted octanol–water partition coefficient (Wildman–Crippen LogP) is 1.89. The maximum atomic E-state index is 13.3. The van der Waals surface area contributed by atoms with Crippen molar-refractivity contribution in [3.05, 3.63) is 66.9 Å². The highest BCUT2D eigenvalue weighted by Crippen LogP contribution is 2.44. The van der Waals surface area contributed by atoms with Gasteiger partial charge in [0, 0.05) is 17.3 Å². The van der Waals surface area contributed by atoms with E-state index in [1.807, 2.05) is 18.2 Å². The molecule has 4 rings (SSSR count). The maximum absolute atomic E-state index is 13.3. The molecule has 3 aromatic rings. The van der Waals surface area contributed by atoms with Gasteiger partial charge in [0.05, 0.1) is 14.2 Å². The van der Waals surface area contributed by atoms with Crippen LogP contribution in [0.2, 0.25) is 0 Å². The molecule has 1 aliphatic rings. The van der Waals surface area contributed by atoms with Crippen molar-refractivity contribution in [3.63, 3.8) is 0 Å². The second-order valence-electron chi connectivity index (χ2n) is 6.47. The van der Waals surface area contributed by atoms with Crippen molar-refractivity contribution in [1.82, 2.24) is 14.8 Å². The lowest BCUT2D eigenvalue weighted by molar-refractivity contribution is -0.377. The molecule has 0 bridgehead atoms. The van der Waals surface area contributed by atoms with Crippen LogP contribution in [0.4, 0.5) is 11.6 Å². The van der Waals surface area contributed by atoms with Gasteiger partial charge >= 0.3 is 0 Å². The van der Waals surface area contributed by atoms with Crippen LogP contribution in [0.3, 0.4) is 0 Å². The molecule has 1 aliphatic heterocycles. The van der Waals surface area contributed by atoms with E-state index in [0.717, 1.165) is 5.56 Å². The number of nitrogens with zero attached hydrogens (tertiary/aromatic N) is 3. The molecular formula is C20H21N6O3+. The van der Waals surface area contributed by atoms with Gasteiger partial charge in [-0.1, -0.05) is 18.7 Å². The summed E-state index contributed by atoms with van der Waals surface area (Å²) in [5.74, 6) is 0.681. The molecule has 3 heterocycles. The third-order valence-electron chi connectivity index (χ3n) is 4.81. The molecule has 0 saturated carbocycles. The number of methoxy groups -OCH3 is 2. The summed E-state index contributed by atoms with van der Waals surface area (Å²) >= 11 is 0. The zero-order valence-electron chi connectivity index (χ0n) is 16.0. The Morgan fingerprint density at radius 3 is 2.86 bits per heavy atom. The summed E-state index contributed by atoms with van der Waals surface area (Å²) < 4.78 is 12.7. The van der Waals surface area contributed by atoms with E-state index in [9.17, 15) is 4.79 Å². The topological polar surface area (TPSA) is 104 Å². The Balaban J connectivity index is 1.82. The van der Waals surface area contributed by atoms with Gasteiger partial charge in [0.1, 0.15) is 24.0 Å². The van der Waals surface area contributed by atoms with Crippen molar-refractivity contribution in [2.75, 3.05) is 24.9 Å². The van der Waals surface area contributed by atoms with Crippen LogP contribution in [0, 0.1) is 5.92 Å². The largest absolute Gasteiger partial charge is 0.493 e. The third kappa shape index (κ3) is 3.27. The standard InChI is InChI=1S/C20H20N6O3/c1-12-16(19(27)25-13-6-5-9-21-10-13)17(26-20(24-12)22-11-23-26)14-7-4-8-15(28-2)18(14)29-3/h4-11,16-17H,1H2,2-3H3,(H,25,27)(H,22,23,24)/p+1. The maximum Gasteiger partial charge on any atom is 0.236 e. The molecule has 3 N–H and O–H groups in total. The summed E-state index contributed by atoms with van der Waals surface area (Å²) in [5, 5.41) is 10.3. The Kier molecular flexibility index (Phi) is 4.86. The van der Waals surface area contributed by atoms with Crippen molar-refractivity contribution >= 4 is 17.5 Å². The van der Waals surface area contributed by atoms with Crippen molar-refractivity contribution < 1.29 is 19.3 Å². The summed E-state index contributed by atoms with van der Waals surface area (Å²) in [6.45, 7) is 4.08. The van der Waals surface area contributed by atoms with Gasteiger partial charge < -0.3 is 20.1 Å². The summed E-state index contributed by atoms with van der Waals surface area (Å²) in [5.41, 5.74) is 1.89. The molecule has 9 heteroatoms. The van der Waals surface area contributed by atoms with Crippen LogP contribution < -0.4 is 25.1 Å². The Morgan fingerprint density at radius 1 is 1.28 bits per heavy atom. The van der Waals surface area contributed by atoms with Crippen molar-refractivity contribution in [3.8, 4) is 11.5 Å². The van der Waals surface area contributed by atoms with Gasteiger partial charge in [-0.05, 0) is 12.1 Å². The first-order valence-corrected chi connectivity index (χ1v) is 8.97. The molecular weight excluding hydrogens is 372 g/mol. The average Bonchev–Trinajstić information content (AvgIpc) is 3.20. The van der Waals surface area contributed by atoms with Gasteiger partial charge in [0.2, 0.25) is 11.9 Å². The summed E-state index contributed by atoms with van der Waals surface area (Å²) in [7, 11) is 3.13. The quantitative estimate of drug-likeness (QED) is 0.686. The number of pyridine rings is 1. The normalized spacial score (nSPS) is 17.8. The number of carbonyl (C=O) groups excluding carboxylic acids is 1. The number of para-hydroxylation sites is 1. The Labute approximate surface area is 167 Å². The van der Waals surface area contributed by atoms with Gasteiger partial charge in [-0.25, -0.2) is 9.67 Å². The van der Waals surface area contributed by atoms with E-state index in [2.05, 4.69) is 32.3 Å². The second kappa shape index (κ2) is 7.63. The molecule has 0 fully saturated rings. The van der Waals surface area contributed by atoms with E-state index < -0.39 is 12.0 Å². The molecule has 2 aromatic heterocycles. The first-order chi connectivity index (χ1) is 14.1. The van der Waals surface area contributed by atoms with Gasteiger partial charge in [0.15, 0.2) is 23.9 Å². The van der Waals surface area contributed by atoms with Crippen LogP contribution in [0.5, 0.6) is 11.5 Å². The van der Waals surface area contributed by atoms with E-state index in [4.69, 9.17) is 9.47 Å². The Hall–Kier alpha value is -3.88. The fraction of sp³-hybridized carbons (Fsp3) is 0.200. The number of amides is 1. The summed E-state index contributed by atoms with van der Waals surface area (Å²) in [6, 6.07) is 8.61.